The summed E-state index contributed by atoms with van der Waals surface area (Å²) in [7, 11) is 0. The van der Waals surface area contributed by atoms with Gasteiger partial charge in [-0.05, 0) is 6.92 Å². The number of hydrogen-bond donors (Lipinski definition) is 2. The lowest BCUT2D eigenvalue weighted by molar-refractivity contribution is 0.0952. The van der Waals surface area contributed by atoms with Crippen molar-refractivity contribution >= 4 is 0 Å². The number of rotatable bonds is 2. The maximum atomic E-state index is 11.8. The van der Waals surface area contributed by atoms with Gasteiger partial charge in [-0.1, -0.05) is 0 Å². The molecule has 0 aliphatic carbocycles. The molecule has 0 heterocycles. The van der Waals surface area contributed by atoms with E-state index in [1.165, 1.54) is 6.92 Å². The van der Waals surface area contributed by atoms with Crippen LogP contribution in [0.4, 0.5) is 4.39 Å². The first-order valence-electron chi connectivity index (χ1n) is 2.20. The first-order chi connectivity index (χ1) is 3.18. The fourth-order valence-corrected chi connectivity index (χ4v) is 0.188. The predicted molar refractivity (Wildman–Crippen MR) is 25.6 cm³/mol. The van der Waals surface area contributed by atoms with Gasteiger partial charge in [-0.15, -0.1) is 0 Å². The second-order valence-corrected chi connectivity index (χ2v) is 1.48. The Morgan fingerprint density at radius 2 is 2.29 bits per heavy atom. The van der Waals surface area contributed by atoms with Crippen molar-refractivity contribution in [3.8, 4) is 0 Å². The highest BCUT2D eigenvalue weighted by Crippen LogP contribution is 1.92. The van der Waals surface area contributed by atoms with Gasteiger partial charge in [0, 0.05) is 6.54 Å². The zero-order valence-corrected chi connectivity index (χ0v) is 4.26. The van der Waals surface area contributed by atoms with E-state index in [1.807, 2.05) is 0 Å². The molecule has 44 valence electrons. The van der Waals surface area contributed by atoms with Crippen LogP contribution in [0.2, 0.25) is 0 Å². The summed E-state index contributed by atoms with van der Waals surface area (Å²) in [5, 5.41) is 8.44. The summed E-state index contributed by atoms with van der Waals surface area (Å²) >= 11 is 0. The third-order valence-electron chi connectivity index (χ3n) is 0.772. The molecule has 0 fully saturated rings. The number of alkyl halides is 1. The van der Waals surface area contributed by atoms with Crippen LogP contribution >= 0.6 is 0 Å². The monoisotopic (exact) mass is 107 g/mol. The van der Waals surface area contributed by atoms with Crippen LogP contribution in [-0.4, -0.2) is 23.9 Å². The normalized spacial score (nSPS) is 18.9. The van der Waals surface area contributed by atoms with Crippen LogP contribution in [0.25, 0.3) is 0 Å². The number of hydrogen-bond acceptors (Lipinski definition) is 2. The van der Waals surface area contributed by atoms with Gasteiger partial charge >= 0.3 is 0 Å². The molecule has 0 spiro atoms. The number of nitrogens with two attached hydrogens (primary N) is 1. The van der Waals surface area contributed by atoms with E-state index in [0.717, 1.165) is 0 Å². The van der Waals surface area contributed by atoms with E-state index >= 15 is 0 Å². The van der Waals surface area contributed by atoms with Gasteiger partial charge in [-0.25, -0.2) is 4.39 Å². The van der Waals surface area contributed by atoms with Gasteiger partial charge in [-0.3, -0.25) is 0 Å². The highest BCUT2D eigenvalue weighted by molar-refractivity contribution is 4.60. The molecular weight excluding hydrogens is 97.0 g/mol. The van der Waals surface area contributed by atoms with Crippen molar-refractivity contribution in [3.63, 3.8) is 0 Å². The maximum absolute atomic E-state index is 11.8. The Balaban J connectivity index is 3.14. The first kappa shape index (κ1) is 6.85. The summed E-state index contributed by atoms with van der Waals surface area (Å²) in [6, 6.07) is 0. The Bertz CT molecular complexity index is 49.0. The van der Waals surface area contributed by atoms with Crippen LogP contribution in [0.3, 0.4) is 0 Å². The Hall–Kier alpha value is -0.150. The van der Waals surface area contributed by atoms with Crippen LogP contribution in [0.5, 0.6) is 0 Å². The molecule has 0 aliphatic rings. The molecule has 0 saturated heterocycles. The lowest BCUT2D eigenvalue weighted by atomic mass is 10.2. The molecule has 2 unspecified atom stereocenters. The molecule has 0 bridgehead atoms. The third-order valence-corrected chi connectivity index (χ3v) is 0.772. The number of aliphatic hydroxyl groups excluding tert-OH is 1. The largest absolute Gasteiger partial charge is 0.389 e. The summed E-state index contributed by atoms with van der Waals surface area (Å²) < 4.78 is 11.8. The number of halogens is 1. The molecule has 0 radical (unpaired) electrons. The molecule has 0 aliphatic heterocycles. The molecule has 0 aromatic carbocycles. The highest BCUT2D eigenvalue weighted by Gasteiger charge is 2.08. The minimum absolute atomic E-state index is 0.00231. The Labute approximate surface area is 42.1 Å². The van der Waals surface area contributed by atoms with E-state index < -0.39 is 12.3 Å². The fraction of sp³-hybridized carbons (Fsp3) is 1.00. The summed E-state index contributed by atoms with van der Waals surface area (Å²) in [5.74, 6) is 0. The SMILES string of the molecule is CC(F)C(O)CN. The molecule has 7 heavy (non-hydrogen) atoms. The van der Waals surface area contributed by atoms with E-state index in [9.17, 15) is 4.39 Å². The summed E-state index contributed by atoms with van der Waals surface area (Å²) in [6.45, 7) is 1.27. The maximum Gasteiger partial charge on any atom is 0.124 e. The van der Waals surface area contributed by atoms with Gasteiger partial charge in [0.25, 0.3) is 0 Å². The van der Waals surface area contributed by atoms with Crippen LogP contribution in [0, 0.1) is 0 Å². The summed E-state index contributed by atoms with van der Waals surface area (Å²) in [4.78, 5) is 0. The Morgan fingerprint density at radius 3 is 2.29 bits per heavy atom. The van der Waals surface area contributed by atoms with Crippen molar-refractivity contribution < 1.29 is 9.50 Å². The van der Waals surface area contributed by atoms with Crippen molar-refractivity contribution in [1.29, 1.82) is 0 Å². The van der Waals surface area contributed by atoms with Gasteiger partial charge in [0.05, 0.1) is 6.10 Å². The zero-order valence-electron chi connectivity index (χ0n) is 4.26. The highest BCUT2D eigenvalue weighted by atomic mass is 19.1. The van der Waals surface area contributed by atoms with Gasteiger partial charge in [-0.2, -0.15) is 0 Å². The van der Waals surface area contributed by atoms with Crippen LogP contribution in [0.1, 0.15) is 6.92 Å². The molecule has 0 aromatic heterocycles. The fourth-order valence-electron chi connectivity index (χ4n) is 0.188. The van der Waals surface area contributed by atoms with E-state index in [0.29, 0.717) is 0 Å². The minimum atomic E-state index is -1.20. The van der Waals surface area contributed by atoms with Crippen LogP contribution < -0.4 is 5.73 Å². The summed E-state index contributed by atoms with van der Waals surface area (Å²) in [6.07, 6.45) is -2.19. The summed E-state index contributed by atoms with van der Waals surface area (Å²) in [5.41, 5.74) is 4.88. The average molecular weight is 107 g/mol. The quantitative estimate of drug-likeness (QED) is 0.507. The van der Waals surface area contributed by atoms with E-state index in [2.05, 4.69) is 0 Å². The molecule has 0 aromatic rings. The molecule has 0 saturated carbocycles. The van der Waals surface area contributed by atoms with Gasteiger partial charge < -0.3 is 10.8 Å². The van der Waals surface area contributed by atoms with Crippen LogP contribution in [0.15, 0.2) is 0 Å². The van der Waals surface area contributed by atoms with Crippen LogP contribution in [-0.2, 0) is 0 Å². The van der Waals surface area contributed by atoms with Crippen molar-refractivity contribution in [3.05, 3.63) is 0 Å². The number of aliphatic hydroxyl groups is 1. The lowest BCUT2D eigenvalue weighted by Crippen LogP contribution is -2.27. The second-order valence-electron chi connectivity index (χ2n) is 1.48. The smallest absolute Gasteiger partial charge is 0.124 e. The molecule has 2 atom stereocenters. The molecule has 3 N–H and O–H groups in total. The van der Waals surface area contributed by atoms with Crippen molar-refractivity contribution in [1.82, 2.24) is 0 Å². The predicted octanol–water partition coefficient (Wildman–Crippen LogP) is -0.336. The van der Waals surface area contributed by atoms with E-state index in [1.54, 1.807) is 0 Å². The average Bonchev–Trinajstić information content (AvgIpc) is 1.65. The Kier molecular flexibility index (Phi) is 2.87. The van der Waals surface area contributed by atoms with Gasteiger partial charge in [0.15, 0.2) is 0 Å². The standard InChI is InChI=1S/C4H10FNO/c1-3(5)4(7)2-6/h3-4,7H,2,6H2,1H3. The van der Waals surface area contributed by atoms with Crippen molar-refractivity contribution in [2.45, 2.75) is 19.2 Å². The van der Waals surface area contributed by atoms with Gasteiger partial charge in [0.1, 0.15) is 6.17 Å². The molecule has 2 nitrogen and oxygen atoms in total. The Morgan fingerprint density at radius 1 is 1.86 bits per heavy atom. The minimum Gasteiger partial charge on any atom is -0.389 e. The van der Waals surface area contributed by atoms with E-state index in [4.69, 9.17) is 10.8 Å². The van der Waals surface area contributed by atoms with Gasteiger partial charge in [0.2, 0.25) is 0 Å². The first-order valence-corrected chi connectivity index (χ1v) is 2.20. The molecule has 0 amide bonds. The molecule has 3 heteroatoms. The lowest BCUT2D eigenvalue weighted by Gasteiger charge is -2.05. The van der Waals surface area contributed by atoms with Crippen molar-refractivity contribution in [2.24, 2.45) is 5.73 Å². The van der Waals surface area contributed by atoms with Crippen molar-refractivity contribution in [2.75, 3.05) is 6.54 Å². The second kappa shape index (κ2) is 2.93. The van der Waals surface area contributed by atoms with E-state index in [-0.39, 0.29) is 6.54 Å². The molecule has 0 rings (SSSR count). The topological polar surface area (TPSA) is 46.2 Å². The third kappa shape index (κ3) is 2.53. The molecular formula is C4H10FNO. The zero-order chi connectivity index (χ0) is 5.86.